The molecule has 1 aliphatic rings. The van der Waals surface area contributed by atoms with E-state index in [1.807, 2.05) is 26.0 Å². The Morgan fingerprint density at radius 3 is 2.69 bits per heavy atom. The Labute approximate surface area is 168 Å². The van der Waals surface area contributed by atoms with Gasteiger partial charge in [-0.25, -0.2) is 23.1 Å². The van der Waals surface area contributed by atoms with Crippen molar-refractivity contribution < 1.29 is 17.9 Å². The van der Waals surface area contributed by atoms with Crippen molar-refractivity contribution in [2.75, 3.05) is 18.1 Å². The number of ether oxygens (including phenoxy) is 1. The van der Waals surface area contributed by atoms with Crippen LogP contribution in [0.4, 0.5) is 0 Å². The van der Waals surface area contributed by atoms with E-state index in [0.717, 1.165) is 16.8 Å². The quantitative estimate of drug-likeness (QED) is 0.664. The van der Waals surface area contributed by atoms with Crippen LogP contribution >= 0.6 is 0 Å². The number of carbonyl (C=O) groups is 1. The molecule has 0 unspecified atom stereocenters. The molecule has 3 heterocycles. The first kappa shape index (κ1) is 19.3. The van der Waals surface area contributed by atoms with Gasteiger partial charge in [-0.1, -0.05) is 6.07 Å². The lowest BCUT2D eigenvalue weighted by Gasteiger charge is -2.11. The van der Waals surface area contributed by atoms with Crippen molar-refractivity contribution in [2.24, 2.45) is 0 Å². The molecule has 4 rings (SSSR count). The Morgan fingerprint density at radius 2 is 2.00 bits per heavy atom. The average Bonchev–Trinajstić information content (AvgIpc) is 3.22. The highest BCUT2D eigenvalue weighted by Crippen LogP contribution is 2.24. The number of sulfone groups is 1. The maximum absolute atomic E-state index is 12.1. The number of benzene rings is 1. The van der Waals surface area contributed by atoms with Crippen molar-refractivity contribution in [3.63, 3.8) is 0 Å². The summed E-state index contributed by atoms with van der Waals surface area (Å²) in [6.07, 6.45) is 3.39. The fraction of sp³-hybridized carbons (Fsp3) is 0.368. The first-order valence-electron chi connectivity index (χ1n) is 9.21. The highest BCUT2D eigenvalue weighted by atomic mass is 32.2. The summed E-state index contributed by atoms with van der Waals surface area (Å²) in [7, 11) is -3.05. The highest BCUT2D eigenvalue weighted by molar-refractivity contribution is 7.91. The molecular formula is C19H21N5O4S. The van der Waals surface area contributed by atoms with E-state index in [2.05, 4.69) is 26.4 Å². The van der Waals surface area contributed by atoms with Crippen LogP contribution in [0.5, 0.6) is 5.88 Å². The van der Waals surface area contributed by atoms with Crippen molar-refractivity contribution in [3.8, 4) is 11.6 Å². The molecule has 1 saturated heterocycles. The Kier molecular flexibility index (Phi) is 4.95. The van der Waals surface area contributed by atoms with Crippen LogP contribution < -0.4 is 10.1 Å². The normalized spacial score (nSPS) is 18.1. The molecule has 0 bridgehead atoms. The highest BCUT2D eigenvalue weighted by Gasteiger charge is 2.29. The molecule has 152 valence electrons. The number of hydrogen-bond acceptors (Lipinski definition) is 7. The second kappa shape index (κ2) is 7.43. The SMILES string of the molecule is Cc1cc(C)cc(-n2ncc3c(OCC(=O)N[C@@H]4CCS(=O)(=O)C4)ncnc32)c1. The summed E-state index contributed by atoms with van der Waals surface area (Å²) in [5.74, 6) is -0.0670. The number of aryl methyl sites for hydroxylation is 2. The predicted molar refractivity (Wildman–Crippen MR) is 107 cm³/mol. The molecule has 0 radical (unpaired) electrons. The van der Waals surface area contributed by atoms with E-state index in [1.165, 1.54) is 6.33 Å². The number of nitrogens with one attached hydrogen (secondary N) is 1. The van der Waals surface area contributed by atoms with Gasteiger partial charge in [0.25, 0.3) is 5.91 Å². The van der Waals surface area contributed by atoms with Crippen LogP contribution in [-0.4, -0.2) is 58.2 Å². The molecule has 1 N–H and O–H groups in total. The van der Waals surface area contributed by atoms with E-state index in [4.69, 9.17) is 4.74 Å². The maximum atomic E-state index is 12.1. The molecule has 2 aromatic heterocycles. The van der Waals surface area contributed by atoms with Gasteiger partial charge >= 0.3 is 0 Å². The van der Waals surface area contributed by atoms with Crippen molar-refractivity contribution >= 4 is 26.8 Å². The number of fused-ring (bicyclic) bond motifs is 1. The monoisotopic (exact) mass is 415 g/mol. The second-order valence-corrected chi connectivity index (χ2v) is 9.50. The van der Waals surface area contributed by atoms with Gasteiger partial charge in [-0.05, 0) is 43.5 Å². The Bertz CT molecular complexity index is 1170. The third-order valence-corrected chi connectivity index (χ3v) is 6.49. The summed E-state index contributed by atoms with van der Waals surface area (Å²) < 4.78 is 30.3. The molecule has 1 amide bonds. The summed E-state index contributed by atoms with van der Waals surface area (Å²) in [5, 5.41) is 7.68. The van der Waals surface area contributed by atoms with Crippen LogP contribution in [-0.2, 0) is 14.6 Å². The van der Waals surface area contributed by atoms with Gasteiger partial charge in [0, 0.05) is 6.04 Å². The molecule has 1 atom stereocenters. The lowest BCUT2D eigenvalue weighted by atomic mass is 10.1. The van der Waals surface area contributed by atoms with Gasteiger partial charge in [0.1, 0.15) is 11.7 Å². The zero-order valence-corrected chi connectivity index (χ0v) is 16.9. The molecule has 1 fully saturated rings. The van der Waals surface area contributed by atoms with Gasteiger partial charge in [0.15, 0.2) is 22.1 Å². The molecular weight excluding hydrogens is 394 g/mol. The molecule has 29 heavy (non-hydrogen) atoms. The molecule has 3 aromatic rings. The summed E-state index contributed by atoms with van der Waals surface area (Å²) in [6.45, 7) is 3.76. The van der Waals surface area contributed by atoms with Crippen LogP contribution in [0.15, 0.2) is 30.7 Å². The number of nitrogens with zero attached hydrogens (tertiary/aromatic N) is 4. The summed E-state index contributed by atoms with van der Waals surface area (Å²) in [5.41, 5.74) is 3.67. The van der Waals surface area contributed by atoms with Crippen molar-refractivity contribution in [1.82, 2.24) is 25.1 Å². The molecule has 1 aromatic carbocycles. The lowest BCUT2D eigenvalue weighted by molar-refractivity contribution is -0.123. The average molecular weight is 415 g/mol. The first-order valence-corrected chi connectivity index (χ1v) is 11.0. The number of rotatable bonds is 5. The van der Waals surface area contributed by atoms with Crippen LogP contribution in [0.2, 0.25) is 0 Å². The van der Waals surface area contributed by atoms with Gasteiger partial charge in [0.2, 0.25) is 5.88 Å². The van der Waals surface area contributed by atoms with Gasteiger partial charge in [-0.2, -0.15) is 5.10 Å². The number of carbonyl (C=O) groups excluding carboxylic acids is 1. The van der Waals surface area contributed by atoms with Gasteiger partial charge in [-0.3, -0.25) is 4.79 Å². The maximum Gasteiger partial charge on any atom is 0.258 e. The molecule has 10 heteroatoms. The minimum atomic E-state index is -3.05. The van der Waals surface area contributed by atoms with Gasteiger partial charge in [-0.15, -0.1) is 0 Å². The van der Waals surface area contributed by atoms with Gasteiger partial charge in [0.05, 0.1) is 23.4 Å². The number of aromatic nitrogens is 4. The van der Waals surface area contributed by atoms with E-state index in [9.17, 15) is 13.2 Å². The Morgan fingerprint density at radius 1 is 1.24 bits per heavy atom. The van der Waals surface area contributed by atoms with Crippen LogP contribution in [0.3, 0.4) is 0 Å². The minimum Gasteiger partial charge on any atom is -0.467 e. The molecule has 1 aliphatic heterocycles. The Hall–Kier alpha value is -3.01. The predicted octanol–water partition coefficient (Wildman–Crippen LogP) is 1.11. The van der Waals surface area contributed by atoms with E-state index in [1.54, 1.807) is 10.9 Å². The summed E-state index contributed by atoms with van der Waals surface area (Å²) in [4.78, 5) is 20.5. The van der Waals surface area contributed by atoms with E-state index >= 15 is 0 Å². The zero-order chi connectivity index (χ0) is 20.6. The third kappa shape index (κ3) is 4.21. The lowest BCUT2D eigenvalue weighted by Crippen LogP contribution is -2.38. The fourth-order valence-electron chi connectivity index (χ4n) is 3.51. The smallest absolute Gasteiger partial charge is 0.258 e. The number of hydrogen-bond donors (Lipinski definition) is 1. The molecule has 9 nitrogen and oxygen atoms in total. The standard InChI is InChI=1S/C19H21N5O4S/c1-12-5-13(2)7-15(6-12)24-18-16(8-22-24)19(21-11-20-18)28-9-17(25)23-14-3-4-29(26,27)10-14/h5-8,11,14H,3-4,9-10H2,1-2H3,(H,23,25)/t14-/m1/s1. The van der Waals surface area contributed by atoms with Crippen molar-refractivity contribution in [1.29, 1.82) is 0 Å². The van der Waals surface area contributed by atoms with Crippen molar-refractivity contribution in [2.45, 2.75) is 26.3 Å². The zero-order valence-electron chi connectivity index (χ0n) is 16.1. The van der Waals surface area contributed by atoms with Crippen LogP contribution in [0, 0.1) is 13.8 Å². The topological polar surface area (TPSA) is 116 Å². The summed E-state index contributed by atoms with van der Waals surface area (Å²) >= 11 is 0. The number of amides is 1. The van der Waals surface area contributed by atoms with E-state index in [-0.39, 0.29) is 35.9 Å². The minimum absolute atomic E-state index is 0.0286. The molecule has 0 aliphatic carbocycles. The fourth-order valence-corrected chi connectivity index (χ4v) is 5.18. The summed E-state index contributed by atoms with van der Waals surface area (Å²) in [6, 6.07) is 5.72. The molecule has 0 saturated carbocycles. The second-order valence-electron chi connectivity index (χ2n) is 7.27. The van der Waals surface area contributed by atoms with Crippen molar-refractivity contribution in [3.05, 3.63) is 41.9 Å². The van der Waals surface area contributed by atoms with Gasteiger partial charge < -0.3 is 10.1 Å². The van der Waals surface area contributed by atoms with E-state index in [0.29, 0.717) is 17.5 Å². The largest absolute Gasteiger partial charge is 0.467 e. The van der Waals surface area contributed by atoms with Crippen LogP contribution in [0.1, 0.15) is 17.5 Å². The third-order valence-electron chi connectivity index (χ3n) is 4.72. The first-order chi connectivity index (χ1) is 13.8. The Balaban J connectivity index is 1.50. The molecule has 0 spiro atoms. The van der Waals surface area contributed by atoms with E-state index < -0.39 is 9.84 Å². The van der Waals surface area contributed by atoms with Crippen LogP contribution in [0.25, 0.3) is 16.7 Å².